The van der Waals surface area contributed by atoms with E-state index in [1.807, 2.05) is 12.1 Å². The Bertz CT molecular complexity index is 1100. The predicted molar refractivity (Wildman–Crippen MR) is 155 cm³/mol. The number of benzene rings is 4. The zero-order valence-electron chi connectivity index (χ0n) is 20.3. The standard InChI is InChI=1S/C30H34N4P2/c31-27(23-13-5-1-6-14-23)35(28(32)24-15-7-2-8-16-24)21-22-36-29(25-17-9-3-10-18-25)33-34-30(36)26-19-11-4-12-20-26/h1-20,27-30,33-34H,21-22,31-32H2/t27-,28-,29-,30-/m0/s1. The van der Waals surface area contributed by atoms with Crippen molar-refractivity contribution < 1.29 is 0 Å². The molecular formula is C30H34N4P2. The molecule has 1 fully saturated rings. The van der Waals surface area contributed by atoms with Crippen molar-refractivity contribution in [3.8, 4) is 0 Å². The van der Waals surface area contributed by atoms with Crippen LogP contribution in [0, 0.1) is 0 Å². The summed E-state index contributed by atoms with van der Waals surface area (Å²) in [6, 6.07) is 42.6. The lowest BCUT2D eigenvalue weighted by atomic mass is 10.2. The van der Waals surface area contributed by atoms with E-state index in [1.165, 1.54) is 22.3 Å². The molecule has 6 N–H and O–H groups in total. The second-order valence-electron chi connectivity index (χ2n) is 9.10. The third-order valence-corrected chi connectivity index (χ3v) is 12.9. The van der Waals surface area contributed by atoms with Crippen LogP contribution in [0.2, 0.25) is 0 Å². The molecule has 36 heavy (non-hydrogen) atoms. The van der Waals surface area contributed by atoms with Crippen molar-refractivity contribution in [2.45, 2.75) is 23.1 Å². The minimum atomic E-state index is -0.712. The van der Waals surface area contributed by atoms with Gasteiger partial charge in [0.05, 0.1) is 23.1 Å². The maximum Gasteiger partial charge on any atom is 0.0676 e. The second-order valence-corrected chi connectivity index (χ2v) is 14.2. The number of nitrogens with two attached hydrogens (primary N) is 2. The molecule has 1 saturated heterocycles. The minimum absolute atomic E-state index is 0.0692. The summed E-state index contributed by atoms with van der Waals surface area (Å²) in [6.45, 7) is 0. The normalized spacial score (nSPS) is 19.9. The van der Waals surface area contributed by atoms with E-state index in [9.17, 15) is 0 Å². The van der Waals surface area contributed by atoms with Gasteiger partial charge in [-0.25, -0.2) is 10.9 Å². The first-order chi connectivity index (χ1) is 17.7. The minimum Gasteiger partial charge on any atom is -0.320 e. The molecule has 6 heteroatoms. The van der Waals surface area contributed by atoms with E-state index in [2.05, 4.69) is 120 Å². The summed E-state index contributed by atoms with van der Waals surface area (Å²) >= 11 is 0. The number of nitrogens with one attached hydrogen (secondary N) is 2. The third kappa shape index (κ3) is 5.76. The van der Waals surface area contributed by atoms with Gasteiger partial charge in [0.25, 0.3) is 0 Å². The topological polar surface area (TPSA) is 76.1 Å². The molecule has 0 spiro atoms. The molecule has 1 aliphatic heterocycles. The SMILES string of the molecule is N[C@H](c1ccccc1)P(CCP1[C@@H](c2ccccc2)NN[C@@H]1c1ccccc1)[C@H](N)c1ccccc1. The van der Waals surface area contributed by atoms with Crippen LogP contribution in [0.4, 0.5) is 0 Å². The Morgan fingerprint density at radius 3 is 1.33 bits per heavy atom. The highest BCUT2D eigenvalue weighted by atomic mass is 31.1. The van der Waals surface area contributed by atoms with E-state index < -0.39 is 15.8 Å². The summed E-state index contributed by atoms with van der Waals surface area (Å²) in [6.07, 6.45) is 2.10. The highest BCUT2D eigenvalue weighted by Gasteiger charge is 2.38. The average Bonchev–Trinajstić information content (AvgIpc) is 3.38. The van der Waals surface area contributed by atoms with Crippen molar-refractivity contribution in [1.82, 2.24) is 10.9 Å². The third-order valence-electron chi connectivity index (χ3n) is 6.86. The maximum atomic E-state index is 6.98. The monoisotopic (exact) mass is 512 g/mol. The Labute approximate surface area is 217 Å². The van der Waals surface area contributed by atoms with Gasteiger partial charge in [-0.3, -0.25) is 0 Å². The zero-order chi connectivity index (χ0) is 24.7. The quantitative estimate of drug-likeness (QED) is 0.187. The lowest BCUT2D eigenvalue weighted by molar-refractivity contribution is 0.555. The van der Waals surface area contributed by atoms with Crippen LogP contribution >= 0.6 is 15.8 Å². The average molecular weight is 513 g/mol. The Balaban J connectivity index is 1.44. The van der Waals surface area contributed by atoms with Gasteiger partial charge in [0.15, 0.2) is 0 Å². The van der Waals surface area contributed by atoms with E-state index in [-0.39, 0.29) is 23.1 Å². The summed E-state index contributed by atoms with van der Waals surface area (Å²) in [7, 11) is -1.17. The van der Waals surface area contributed by atoms with Crippen molar-refractivity contribution in [3.63, 3.8) is 0 Å². The molecule has 0 unspecified atom stereocenters. The van der Waals surface area contributed by atoms with Crippen molar-refractivity contribution >= 4 is 15.8 Å². The number of rotatable bonds is 9. The van der Waals surface area contributed by atoms with E-state index in [4.69, 9.17) is 11.5 Å². The molecule has 0 amide bonds. The fourth-order valence-electron chi connectivity index (χ4n) is 4.92. The Kier molecular flexibility index (Phi) is 8.56. The first-order valence-corrected chi connectivity index (χ1v) is 15.8. The molecule has 0 saturated carbocycles. The van der Waals surface area contributed by atoms with Crippen LogP contribution in [0.25, 0.3) is 0 Å². The lowest BCUT2D eigenvalue weighted by Crippen LogP contribution is -2.26. The van der Waals surface area contributed by atoms with Gasteiger partial charge < -0.3 is 11.5 Å². The summed E-state index contributed by atoms with van der Waals surface area (Å²) in [5.41, 5.74) is 26.2. The van der Waals surface area contributed by atoms with Crippen LogP contribution in [0.1, 0.15) is 45.4 Å². The van der Waals surface area contributed by atoms with Gasteiger partial charge in [0.1, 0.15) is 0 Å². The Hall–Kier alpha value is -2.42. The maximum absolute atomic E-state index is 6.98. The molecule has 0 bridgehead atoms. The Morgan fingerprint density at radius 1 is 0.583 bits per heavy atom. The van der Waals surface area contributed by atoms with E-state index in [1.54, 1.807) is 0 Å². The molecule has 5 rings (SSSR count). The molecule has 0 radical (unpaired) electrons. The number of hydrazine groups is 1. The molecule has 4 atom stereocenters. The van der Waals surface area contributed by atoms with Gasteiger partial charge in [-0.05, 0) is 34.6 Å². The summed E-state index contributed by atoms with van der Waals surface area (Å²) in [4.78, 5) is 0. The molecule has 0 aliphatic carbocycles. The van der Waals surface area contributed by atoms with Crippen molar-refractivity contribution in [1.29, 1.82) is 0 Å². The molecule has 4 aromatic rings. The molecule has 1 aliphatic rings. The highest BCUT2D eigenvalue weighted by molar-refractivity contribution is 7.62. The van der Waals surface area contributed by atoms with Gasteiger partial charge in [-0.1, -0.05) is 137 Å². The van der Waals surface area contributed by atoms with Crippen LogP contribution in [-0.4, -0.2) is 12.3 Å². The van der Waals surface area contributed by atoms with E-state index >= 15 is 0 Å². The van der Waals surface area contributed by atoms with Crippen LogP contribution in [0.3, 0.4) is 0 Å². The molecule has 184 valence electrons. The highest BCUT2D eigenvalue weighted by Crippen LogP contribution is 2.65. The van der Waals surface area contributed by atoms with Gasteiger partial charge >= 0.3 is 0 Å². The largest absolute Gasteiger partial charge is 0.320 e. The van der Waals surface area contributed by atoms with Gasteiger partial charge in [-0.2, -0.15) is 0 Å². The Morgan fingerprint density at radius 2 is 0.944 bits per heavy atom. The second kappa shape index (κ2) is 12.2. The predicted octanol–water partition coefficient (Wildman–Crippen LogP) is 6.77. The molecule has 4 aromatic carbocycles. The van der Waals surface area contributed by atoms with E-state index in [0.29, 0.717) is 0 Å². The summed E-state index contributed by atoms with van der Waals surface area (Å²) in [5, 5.41) is 0. The smallest absolute Gasteiger partial charge is 0.0676 e. The van der Waals surface area contributed by atoms with Crippen molar-refractivity contribution in [3.05, 3.63) is 144 Å². The molecule has 1 heterocycles. The van der Waals surface area contributed by atoms with Crippen LogP contribution < -0.4 is 22.3 Å². The molecule has 4 nitrogen and oxygen atoms in total. The van der Waals surface area contributed by atoms with Gasteiger partial charge in [-0.15, -0.1) is 0 Å². The number of hydrogen-bond acceptors (Lipinski definition) is 4. The first-order valence-electron chi connectivity index (χ1n) is 12.5. The zero-order valence-corrected chi connectivity index (χ0v) is 22.1. The lowest BCUT2D eigenvalue weighted by Gasteiger charge is -2.33. The molecular weight excluding hydrogens is 478 g/mol. The fraction of sp³-hybridized carbons (Fsp3) is 0.200. The fourth-order valence-corrected chi connectivity index (χ4v) is 11.2. The molecule has 0 aromatic heterocycles. The van der Waals surface area contributed by atoms with E-state index in [0.717, 1.165) is 12.3 Å². The summed E-state index contributed by atoms with van der Waals surface area (Å²) < 4.78 is 0. The van der Waals surface area contributed by atoms with Gasteiger partial charge in [0.2, 0.25) is 0 Å². The summed E-state index contributed by atoms with van der Waals surface area (Å²) in [5.74, 6) is 0.425. The van der Waals surface area contributed by atoms with Gasteiger partial charge in [0, 0.05) is 0 Å². The van der Waals surface area contributed by atoms with Crippen molar-refractivity contribution in [2.24, 2.45) is 11.5 Å². The van der Waals surface area contributed by atoms with Crippen LogP contribution in [-0.2, 0) is 0 Å². The van der Waals surface area contributed by atoms with Crippen molar-refractivity contribution in [2.75, 3.05) is 12.3 Å². The van der Waals surface area contributed by atoms with Crippen LogP contribution in [0.5, 0.6) is 0 Å². The first kappa shape index (κ1) is 25.2. The van der Waals surface area contributed by atoms with Crippen LogP contribution in [0.15, 0.2) is 121 Å². The number of hydrogen-bond donors (Lipinski definition) is 4.